The van der Waals surface area contributed by atoms with Gasteiger partial charge in [0, 0.05) is 26.4 Å². The first kappa shape index (κ1) is 24.3. The number of para-hydroxylation sites is 1. The molecule has 186 valence electrons. The van der Waals surface area contributed by atoms with Gasteiger partial charge in [-0.15, -0.1) is 0 Å². The fourth-order valence-corrected chi connectivity index (χ4v) is 7.76. The summed E-state index contributed by atoms with van der Waals surface area (Å²) in [6.45, 7) is 0.240. The second-order valence-corrected chi connectivity index (χ2v) is 11.7. The topological polar surface area (TPSA) is 79.5 Å². The van der Waals surface area contributed by atoms with Crippen molar-refractivity contribution in [2.75, 3.05) is 4.90 Å². The van der Waals surface area contributed by atoms with Gasteiger partial charge in [-0.1, -0.05) is 76.6 Å². The normalized spacial score (nSPS) is 20.6. The first-order valence-corrected chi connectivity index (χ1v) is 13.8. The van der Waals surface area contributed by atoms with Crippen LogP contribution in [0.1, 0.15) is 21.9 Å². The van der Waals surface area contributed by atoms with Gasteiger partial charge in [0.15, 0.2) is 0 Å². The van der Waals surface area contributed by atoms with Gasteiger partial charge in [-0.05, 0) is 48.0 Å². The first-order chi connectivity index (χ1) is 17.9. The van der Waals surface area contributed by atoms with Crippen molar-refractivity contribution in [2.24, 2.45) is 5.92 Å². The highest BCUT2D eigenvalue weighted by Gasteiger charge is 2.56. The third-order valence-electron chi connectivity index (χ3n) is 6.43. The summed E-state index contributed by atoms with van der Waals surface area (Å²) >= 11 is 14.8. The fourth-order valence-electron chi connectivity index (χ4n) is 4.87. The molecule has 0 unspecified atom stereocenters. The first-order valence-electron chi connectivity index (χ1n) is 11.4. The second-order valence-electron chi connectivity index (χ2n) is 8.70. The Balaban J connectivity index is 1.45. The number of nitrogens with zero attached hydrogens (tertiary/aromatic N) is 1. The summed E-state index contributed by atoms with van der Waals surface area (Å²) in [4.78, 5) is 44.4. The van der Waals surface area contributed by atoms with Gasteiger partial charge in [-0.3, -0.25) is 14.4 Å². The zero-order valence-corrected chi connectivity index (χ0v) is 22.2. The summed E-state index contributed by atoms with van der Waals surface area (Å²) in [5, 5.41) is 0.955. The fraction of sp³-hybridized carbons (Fsp3) is 0.148. The Kier molecular flexibility index (Phi) is 6.36. The molecule has 37 heavy (non-hydrogen) atoms. The highest BCUT2D eigenvalue weighted by atomic mass is 35.5. The van der Waals surface area contributed by atoms with Crippen LogP contribution in [0.4, 0.5) is 5.69 Å². The van der Waals surface area contributed by atoms with Crippen LogP contribution in [0.3, 0.4) is 0 Å². The Morgan fingerprint density at radius 2 is 1.68 bits per heavy atom. The van der Waals surface area contributed by atoms with E-state index in [1.807, 2.05) is 24.3 Å². The Morgan fingerprint density at radius 3 is 2.46 bits per heavy atom. The van der Waals surface area contributed by atoms with E-state index in [0.29, 0.717) is 36.9 Å². The number of amides is 2. The average Bonchev–Trinajstić information content (AvgIpc) is 3.38. The number of hydrogen-bond acceptors (Lipinski definition) is 6. The third kappa shape index (κ3) is 4.38. The predicted molar refractivity (Wildman–Crippen MR) is 146 cm³/mol. The highest BCUT2D eigenvalue weighted by molar-refractivity contribution is 8.00. The number of thioether (sulfide) groups is 1. The average molecular weight is 569 g/mol. The van der Waals surface area contributed by atoms with E-state index in [9.17, 15) is 14.4 Å². The summed E-state index contributed by atoms with van der Waals surface area (Å²) in [6, 6.07) is 21.5. The lowest BCUT2D eigenvalue weighted by molar-refractivity contribution is -0.122. The minimum absolute atomic E-state index is 0.240. The molecule has 1 N–H and O–H groups in total. The van der Waals surface area contributed by atoms with Crippen molar-refractivity contribution >= 4 is 63.8 Å². The van der Waals surface area contributed by atoms with Crippen LogP contribution in [0.15, 0.2) is 82.6 Å². The number of anilines is 1. The number of imide groups is 1. The van der Waals surface area contributed by atoms with E-state index >= 15 is 0 Å². The number of aromatic amines is 1. The molecule has 4 aromatic rings. The quantitative estimate of drug-likeness (QED) is 0.293. The lowest BCUT2D eigenvalue weighted by atomic mass is 9.82. The number of carbonyl (C=O) groups is 2. The van der Waals surface area contributed by atoms with E-state index in [-0.39, 0.29) is 23.3 Å². The van der Waals surface area contributed by atoms with Gasteiger partial charge in [0.1, 0.15) is 17.6 Å². The molecule has 1 fully saturated rings. The molecule has 3 aromatic carbocycles. The number of ether oxygens (including phenoxy) is 1. The number of rotatable bonds is 5. The molecule has 1 aromatic heterocycles. The van der Waals surface area contributed by atoms with Gasteiger partial charge in [-0.25, -0.2) is 4.90 Å². The molecule has 2 aliphatic rings. The van der Waals surface area contributed by atoms with Gasteiger partial charge in [0.05, 0.1) is 16.6 Å². The maximum absolute atomic E-state index is 13.9. The minimum Gasteiger partial charge on any atom is -0.489 e. The lowest BCUT2D eigenvalue weighted by Gasteiger charge is -2.31. The number of fused-ring (bicyclic) bond motifs is 2. The molecule has 10 heteroatoms. The number of H-pyrrole nitrogens is 1. The molecular weight excluding hydrogens is 551 g/mol. The third-order valence-corrected chi connectivity index (χ3v) is 9.30. The van der Waals surface area contributed by atoms with Crippen molar-refractivity contribution in [2.45, 2.75) is 22.8 Å². The Labute approximate surface area is 230 Å². The summed E-state index contributed by atoms with van der Waals surface area (Å²) in [6.07, 6.45) is 0. The number of aromatic nitrogens is 1. The van der Waals surface area contributed by atoms with Crippen LogP contribution in [0.5, 0.6) is 5.75 Å². The molecule has 3 heterocycles. The molecule has 0 aliphatic carbocycles. The largest absolute Gasteiger partial charge is 0.489 e. The van der Waals surface area contributed by atoms with Crippen molar-refractivity contribution < 1.29 is 14.3 Å². The van der Waals surface area contributed by atoms with Crippen LogP contribution in [-0.2, 0) is 16.2 Å². The summed E-state index contributed by atoms with van der Waals surface area (Å²) in [5.74, 6) is -1.43. The molecule has 3 atom stereocenters. The standard InChI is InChI=1S/C27H18Cl2N2O4S2/c28-15-6-4-5-14(11-15)13-35-19-10-9-16(29)12-18(19)20-21-23(36-24-22(20)37-27(34)30-24)26(33)31(25(21)32)17-7-2-1-3-8-17/h1-12,20-21,23H,13H2,(H,30,34)/t20-,21-,23+/m0/s1. The molecule has 0 saturated carbocycles. The molecule has 6 rings (SSSR count). The van der Waals surface area contributed by atoms with Crippen molar-refractivity contribution in [3.63, 3.8) is 0 Å². The maximum Gasteiger partial charge on any atom is 0.305 e. The smallest absolute Gasteiger partial charge is 0.305 e. The second kappa shape index (κ2) is 9.68. The molecule has 6 nitrogen and oxygen atoms in total. The van der Waals surface area contributed by atoms with Gasteiger partial charge in [0.2, 0.25) is 11.8 Å². The predicted octanol–water partition coefficient (Wildman–Crippen LogP) is 6.12. The summed E-state index contributed by atoms with van der Waals surface area (Å²) < 4.78 is 6.21. The maximum atomic E-state index is 13.9. The highest BCUT2D eigenvalue weighted by Crippen LogP contribution is 2.54. The van der Waals surface area contributed by atoms with E-state index in [4.69, 9.17) is 27.9 Å². The number of halogens is 2. The van der Waals surface area contributed by atoms with Crippen molar-refractivity contribution in [1.82, 2.24) is 4.98 Å². The van der Waals surface area contributed by atoms with Crippen LogP contribution >= 0.6 is 46.3 Å². The number of carbonyl (C=O) groups excluding carboxylic acids is 2. The van der Waals surface area contributed by atoms with E-state index in [1.165, 1.54) is 16.7 Å². The van der Waals surface area contributed by atoms with Crippen molar-refractivity contribution in [3.05, 3.63) is 109 Å². The van der Waals surface area contributed by atoms with Crippen LogP contribution < -0.4 is 14.5 Å². The number of thiazole rings is 1. The summed E-state index contributed by atoms with van der Waals surface area (Å²) in [5.41, 5.74) is 2.05. The summed E-state index contributed by atoms with van der Waals surface area (Å²) in [7, 11) is 0. The Morgan fingerprint density at radius 1 is 0.892 bits per heavy atom. The van der Waals surface area contributed by atoms with E-state index < -0.39 is 17.1 Å². The molecular formula is C27H18Cl2N2O4S2. The van der Waals surface area contributed by atoms with Gasteiger partial charge >= 0.3 is 4.87 Å². The monoisotopic (exact) mass is 568 g/mol. The molecule has 0 bridgehead atoms. The molecule has 2 aliphatic heterocycles. The van der Waals surface area contributed by atoms with Gasteiger partial charge in [-0.2, -0.15) is 0 Å². The minimum atomic E-state index is -0.733. The molecule has 0 spiro atoms. The van der Waals surface area contributed by atoms with Crippen molar-refractivity contribution in [3.8, 4) is 5.75 Å². The molecule has 2 amide bonds. The Bertz CT molecular complexity index is 1590. The lowest BCUT2D eigenvalue weighted by Crippen LogP contribution is -2.32. The van der Waals surface area contributed by atoms with E-state index in [2.05, 4.69) is 4.98 Å². The van der Waals surface area contributed by atoms with Crippen LogP contribution in [0.25, 0.3) is 0 Å². The van der Waals surface area contributed by atoms with Crippen LogP contribution in [-0.4, -0.2) is 22.0 Å². The zero-order chi connectivity index (χ0) is 25.7. The number of hydrogen-bond donors (Lipinski definition) is 1. The molecule has 1 saturated heterocycles. The van der Waals surface area contributed by atoms with Crippen molar-refractivity contribution in [1.29, 1.82) is 0 Å². The van der Waals surface area contributed by atoms with E-state index in [0.717, 1.165) is 16.9 Å². The SMILES string of the molecule is O=C1[C@H]2[C@H](c3cc(Cl)ccc3OCc3cccc(Cl)c3)c3sc(=O)[nH]c3S[C@H]2C(=O)N1c1ccccc1. The van der Waals surface area contributed by atoms with Gasteiger partial charge in [0.25, 0.3) is 0 Å². The van der Waals surface area contributed by atoms with Crippen LogP contribution in [0.2, 0.25) is 10.0 Å². The zero-order valence-electron chi connectivity index (χ0n) is 19.0. The van der Waals surface area contributed by atoms with Gasteiger partial charge < -0.3 is 9.72 Å². The van der Waals surface area contributed by atoms with E-state index in [1.54, 1.807) is 48.5 Å². The molecule has 0 radical (unpaired) electrons. The van der Waals surface area contributed by atoms with Crippen LogP contribution in [0, 0.1) is 5.92 Å². The number of benzene rings is 3. The number of nitrogens with one attached hydrogen (secondary N) is 1. The Hall–Kier alpha value is -3.04.